The lowest BCUT2D eigenvalue weighted by molar-refractivity contribution is 0.557. The summed E-state index contributed by atoms with van der Waals surface area (Å²) in [6, 6.07) is 0.269. The van der Waals surface area contributed by atoms with E-state index >= 15 is 0 Å². The molecular formula is C14H20ClN3S. The largest absolute Gasteiger partial charge is 0.309 e. The topological polar surface area (TPSA) is 29.9 Å². The van der Waals surface area contributed by atoms with Crippen molar-refractivity contribution in [3.05, 3.63) is 38.8 Å². The monoisotopic (exact) mass is 297 g/mol. The van der Waals surface area contributed by atoms with Gasteiger partial charge in [0.15, 0.2) is 0 Å². The minimum absolute atomic E-state index is 0.269. The average Bonchev–Trinajstić information content (AvgIpc) is 2.98. The van der Waals surface area contributed by atoms with Crippen molar-refractivity contribution < 1.29 is 0 Å². The molecule has 0 aliphatic rings. The number of hydrogen-bond donors (Lipinski definition) is 1. The van der Waals surface area contributed by atoms with Crippen LogP contribution in [0.4, 0.5) is 0 Å². The number of aryl methyl sites for hydroxylation is 2. The highest BCUT2D eigenvalue weighted by molar-refractivity contribution is 7.10. The quantitative estimate of drug-likeness (QED) is 0.878. The van der Waals surface area contributed by atoms with Crippen LogP contribution >= 0.6 is 22.9 Å². The van der Waals surface area contributed by atoms with E-state index in [1.807, 2.05) is 10.9 Å². The number of aromatic nitrogens is 2. The van der Waals surface area contributed by atoms with Gasteiger partial charge in [-0.3, -0.25) is 4.68 Å². The summed E-state index contributed by atoms with van der Waals surface area (Å²) in [7, 11) is 0. The van der Waals surface area contributed by atoms with E-state index in [0.29, 0.717) is 0 Å². The third kappa shape index (κ3) is 3.38. The fourth-order valence-electron chi connectivity index (χ4n) is 2.11. The number of thiophene rings is 1. The highest BCUT2D eigenvalue weighted by Gasteiger charge is 2.18. The first-order valence-corrected chi connectivity index (χ1v) is 7.89. The van der Waals surface area contributed by atoms with Crippen LogP contribution in [0.15, 0.2) is 17.8 Å². The predicted molar refractivity (Wildman–Crippen MR) is 82.1 cm³/mol. The molecule has 0 radical (unpaired) electrons. The number of halogens is 1. The molecule has 0 saturated heterocycles. The fraction of sp³-hybridized carbons (Fsp3) is 0.500. The van der Waals surface area contributed by atoms with E-state index in [4.69, 9.17) is 11.6 Å². The fourth-order valence-corrected chi connectivity index (χ4v) is 3.51. The number of likely N-dealkylation sites (N-methyl/N-ethyl adjacent to an activating group) is 1. The van der Waals surface area contributed by atoms with E-state index in [0.717, 1.165) is 30.1 Å². The van der Waals surface area contributed by atoms with E-state index in [1.54, 1.807) is 11.3 Å². The highest BCUT2D eigenvalue weighted by atomic mass is 35.5. The predicted octanol–water partition coefficient (Wildman–Crippen LogP) is 3.82. The normalized spacial score (nSPS) is 12.8. The highest BCUT2D eigenvalue weighted by Crippen LogP contribution is 2.33. The molecule has 0 aliphatic carbocycles. The van der Waals surface area contributed by atoms with Crippen molar-refractivity contribution in [2.45, 2.75) is 39.8 Å². The maximum Gasteiger partial charge on any atom is 0.0590 e. The number of hydrogen-bond acceptors (Lipinski definition) is 3. The molecule has 1 N–H and O–H groups in total. The zero-order valence-corrected chi connectivity index (χ0v) is 13.2. The van der Waals surface area contributed by atoms with Crippen LogP contribution in [0, 0.1) is 6.92 Å². The summed E-state index contributed by atoms with van der Waals surface area (Å²) >= 11 is 8.12. The summed E-state index contributed by atoms with van der Waals surface area (Å²) in [6.07, 6.45) is 4.98. The first kappa shape index (κ1) is 14.6. The summed E-state index contributed by atoms with van der Waals surface area (Å²) in [6.45, 7) is 8.11. The molecule has 0 aliphatic heterocycles. The number of rotatable bonds is 6. The molecule has 19 heavy (non-hydrogen) atoms. The molecule has 0 saturated carbocycles. The van der Waals surface area contributed by atoms with Gasteiger partial charge < -0.3 is 5.32 Å². The van der Waals surface area contributed by atoms with Gasteiger partial charge in [-0.25, -0.2) is 0 Å². The zero-order valence-electron chi connectivity index (χ0n) is 11.6. The SMILES string of the molecule is CCNC(Cc1cnn(CC)c1)c1scc(C)c1Cl. The molecule has 104 valence electrons. The molecule has 0 fully saturated rings. The van der Waals surface area contributed by atoms with Gasteiger partial charge in [-0.2, -0.15) is 5.10 Å². The van der Waals surface area contributed by atoms with Crippen LogP contribution < -0.4 is 5.32 Å². The van der Waals surface area contributed by atoms with Crippen molar-refractivity contribution in [3.63, 3.8) is 0 Å². The van der Waals surface area contributed by atoms with Gasteiger partial charge in [0.2, 0.25) is 0 Å². The Kier molecular flexibility index (Phi) is 5.02. The van der Waals surface area contributed by atoms with E-state index in [-0.39, 0.29) is 6.04 Å². The molecule has 1 atom stereocenters. The lowest BCUT2D eigenvalue weighted by Gasteiger charge is -2.16. The second kappa shape index (κ2) is 6.55. The average molecular weight is 298 g/mol. The van der Waals surface area contributed by atoms with Gasteiger partial charge >= 0.3 is 0 Å². The van der Waals surface area contributed by atoms with Crippen LogP contribution in [0.2, 0.25) is 5.02 Å². The smallest absolute Gasteiger partial charge is 0.0590 e. The van der Waals surface area contributed by atoms with Crippen molar-refractivity contribution in [2.24, 2.45) is 0 Å². The van der Waals surface area contributed by atoms with Gasteiger partial charge in [0.25, 0.3) is 0 Å². The van der Waals surface area contributed by atoms with Gasteiger partial charge in [-0.1, -0.05) is 18.5 Å². The first-order valence-electron chi connectivity index (χ1n) is 6.63. The number of nitrogens with one attached hydrogen (secondary N) is 1. The Bertz CT molecular complexity index is 533. The van der Waals surface area contributed by atoms with Gasteiger partial charge in [0.1, 0.15) is 0 Å². The van der Waals surface area contributed by atoms with Crippen molar-refractivity contribution in [2.75, 3.05) is 6.54 Å². The maximum atomic E-state index is 6.39. The third-order valence-corrected chi connectivity index (χ3v) is 4.97. The zero-order chi connectivity index (χ0) is 13.8. The minimum atomic E-state index is 0.269. The van der Waals surface area contributed by atoms with Crippen molar-refractivity contribution in [1.29, 1.82) is 0 Å². The van der Waals surface area contributed by atoms with Crippen molar-refractivity contribution in [3.8, 4) is 0 Å². The molecule has 2 rings (SSSR count). The van der Waals surface area contributed by atoms with Crippen LogP contribution in [0.25, 0.3) is 0 Å². The Morgan fingerprint density at radius 1 is 1.47 bits per heavy atom. The van der Waals surface area contributed by atoms with Crippen LogP contribution in [-0.2, 0) is 13.0 Å². The molecule has 2 heterocycles. The van der Waals surface area contributed by atoms with Crippen LogP contribution in [0.3, 0.4) is 0 Å². The molecule has 0 amide bonds. The Morgan fingerprint density at radius 2 is 2.26 bits per heavy atom. The second-order valence-electron chi connectivity index (χ2n) is 4.62. The third-order valence-electron chi connectivity index (χ3n) is 3.14. The Labute approximate surface area is 123 Å². The van der Waals surface area contributed by atoms with Crippen LogP contribution in [0.5, 0.6) is 0 Å². The maximum absolute atomic E-state index is 6.39. The lowest BCUT2D eigenvalue weighted by atomic mass is 10.1. The summed E-state index contributed by atoms with van der Waals surface area (Å²) in [5, 5.41) is 10.9. The van der Waals surface area contributed by atoms with Gasteiger partial charge in [-0.05, 0) is 43.3 Å². The number of nitrogens with zero attached hydrogens (tertiary/aromatic N) is 2. The van der Waals surface area contributed by atoms with Crippen LogP contribution in [0.1, 0.15) is 35.9 Å². The second-order valence-corrected chi connectivity index (χ2v) is 5.90. The van der Waals surface area contributed by atoms with E-state index in [9.17, 15) is 0 Å². The summed E-state index contributed by atoms with van der Waals surface area (Å²) in [5.74, 6) is 0. The standard InChI is InChI=1S/C14H20ClN3S/c1-4-16-12(14-13(15)10(3)9-19-14)6-11-7-17-18(5-2)8-11/h7-9,12,16H,4-6H2,1-3H3. The van der Waals surface area contributed by atoms with Gasteiger partial charge in [0, 0.05) is 23.7 Å². The van der Waals surface area contributed by atoms with Crippen LogP contribution in [-0.4, -0.2) is 16.3 Å². The molecule has 0 aromatic carbocycles. The Hall–Kier alpha value is -0.840. The van der Waals surface area contributed by atoms with Gasteiger partial charge in [0.05, 0.1) is 11.2 Å². The Morgan fingerprint density at radius 3 is 2.79 bits per heavy atom. The molecule has 5 heteroatoms. The van der Waals surface area contributed by atoms with Crippen molar-refractivity contribution >= 4 is 22.9 Å². The molecule has 0 spiro atoms. The molecule has 2 aromatic rings. The molecule has 1 unspecified atom stereocenters. The molecule has 2 aromatic heterocycles. The summed E-state index contributed by atoms with van der Waals surface area (Å²) in [5.41, 5.74) is 2.41. The van der Waals surface area contributed by atoms with E-state index in [2.05, 4.69) is 42.8 Å². The summed E-state index contributed by atoms with van der Waals surface area (Å²) in [4.78, 5) is 1.23. The van der Waals surface area contributed by atoms with E-state index in [1.165, 1.54) is 10.4 Å². The van der Waals surface area contributed by atoms with Gasteiger partial charge in [-0.15, -0.1) is 11.3 Å². The van der Waals surface area contributed by atoms with Crippen molar-refractivity contribution in [1.82, 2.24) is 15.1 Å². The molecular weight excluding hydrogens is 278 g/mol. The summed E-state index contributed by atoms with van der Waals surface area (Å²) < 4.78 is 1.96. The van der Waals surface area contributed by atoms with E-state index < -0.39 is 0 Å². The molecule has 0 bridgehead atoms. The lowest BCUT2D eigenvalue weighted by Crippen LogP contribution is -2.22. The molecule has 3 nitrogen and oxygen atoms in total. The minimum Gasteiger partial charge on any atom is -0.309 e. The Balaban J connectivity index is 2.18. The first-order chi connectivity index (χ1) is 9.15.